The first kappa shape index (κ1) is 36.0. The molecule has 2 fully saturated rings. The van der Waals surface area contributed by atoms with Crippen molar-refractivity contribution >= 4 is 42.1 Å². The van der Waals surface area contributed by atoms with E-state index < -0.39 is 35.6 Å². The van der Waals surface area contributed by atoms with Gasteiger partial charge in [0.25, 0.3) is 12.9 Å². The topological polar surface area (TPSA) is 142 Å². The molecule has 10 nitrogen and oxygen atoms in total. The predicted octanol–water partition coefficient (Wildman–Crippen LogP) is 4.02. The van der Waals surface area contributed by atoms with E-state index in [0.29, 0.717) is 30.0 Å². The number of aliphatic hydroxyl groups is 1. The van der Waals surface area contributed by atoms with Gasteiger partial charge < -0.3 is 24.1 Å². The van der Waals surface area contributed by atoms with E-state index in [0.717, 1.165) is 18.4 Å². The summed E-state index contributed by atoms with van der Waals surface area (Å²) < 4.78 is 22.7. The zero-order chi connectivity index (χ0) is 29.7. The first-order valence-corrected chi connectivity index (χ1v) is 14.6. The van der Waals surface area contributed by atoms with Crippen LogP contribution in [0.15, 0.2) is 11.0 Å². The van der Waals surface area contributed by atoms with Gasteiger partial charge in [-0.15, -0.1) is 11.3 Å². The Kier molecular flexibility index (Phi) is 13.6. The quantitative estimate of drug-likeness (QED) is 0.186. The van der Waals surface area contributed by atoms with Crippen molar-refractivity contribution in [1.29, 1.82) is 0 Å². The van der Waals surface area contributed by atoms with E-state index in [2.05, 4.69) is 4.98 Å². The number of carbonyl (C=O) groups is 4. The average molecular weight is 807 g/mol. The smallest absolute Gasteiger partial charge is 0.310 e. The van der Waals surface area contributed by atoms with E-state index in [-0.39, 0.29) is 87.0 Å². The summed E-state index contributed by atoms with van der Waals surface area (Å²) >= 11 is 1.33. The fourth-order valence-electron chi connectivity index (χ4n) is 5.66. The maximum absolute atomic E-state index is 13.7. The van der Waals surface area contributed by atoms with Crippen LogP contribution in [0.3, 0.4) is 0 Å². The number of thiazole rings is 1. The number of hydrogen-bond acceptors (Lipinski definition) is 11. The maximum Gasteiger partial charge on any atom is 0.310 e. The van der Waals surface area contributed by atoms with Crippen molar-refractivity contribution in [1.82, 2.24) is 4.98 Å². The van der Waals surface area contributed by atoms with E-state index in [1.54, 1.807) is 20.8 Å². The molecule has 0 saturated carbocycles. The number of ether oxygens (including phenoxy) is 4. The average Bonchev–Trinajstić information content (AvgIpc) is 3.30. The molecule has 1 N–H and O–H groups in total. The van der Waals surface area contributed by atoms with Gasteiger partial charge in [0.1, 0.15) is 29.1 Å². The summed E-state index contributed by atoms with van der Waals surface area (Å²) in [5.74, 6) is -1.72. The zero-order valence-corrected chi connectivity index (χ0v) is 30.2. The molecule has 2 aliphatic heterocycles. The molecule has 225 valence electrons. The minimum atomic E-state index is -1.26. The fourth-order valence-corrected chi connectivity index (χ4v) is 6.27. The number of cyclic esters (lactones) is 1. The molecular weight excluding hydrogens is 765 g/mol. The molecule has 12 heteroatoms. The van der Waals surface area contributed by atoms with Crippen LogP contribution in [0.1, 0.15) is 84.3 Å². The zero-order valence-electron chi connectivity index (χ0n) is 24.7. The molecule has 0 bridgehead atoms. The Morgan fingerprint density at radius 1 is 1.20 bits per heavy atom. The second-order valence-corrected chi connectivity index (χ2v) is 12.7. The Morgan fingerprint density at radius 2 is 1.88 bits per heavy atom. The van der Waals surface area contributed by atoms with Gasteiger partial charge in [-0.1, -0.05) is 20.3 Å². The van der Waals surface area contributed by atoms with Crippen LogP contribution < -0.4 is 0 Å². The van der Waals surface area contributed by atoms with Crippen molar-refractivity contribution in [2.75, 3.05) is 0 Å². The van der Waals surface area contributed by atoms with Gasteiger partial charge in [0.2, 0.25) is 0 Å². The van der Waals surface area contributed by atoms with Crippen molar-refractivity contribution in [3.63, 3.8) is 0 Å². The molecule has 2 saturated heterocycles. The molecule has 1 aromatic rings. The number of Topliss-reactive ketones (excluding diaryl/α,β-unsaturated/α-hetero) is 1. The number of esters is 1. The number of epoxide rings is 1. The number of aromatic nitrogens is 1. The number of carbonyl (C=O) groups excluding carboxylic acids is 4. The molecule has 1 radical (unpaired) electrons. The standard InChI is InChI=1S/C29H41NO9S.Ac/c1-17-8-7-9-29(6)23(39-29)11-21(18(2)10-20-14-40-24(13-31)30-20)38-25(34)12-22(36-15-32)28(4,5)27(35)19(3)26(17)37-16-33;/h10,14-17,19,21-23,26,31H,7-9,11-13H2,1-6H3;/b18-10+;/t17-,19+,21-,22-,23?,26-,29+;/m0./s1. The van der Waals surface area contributed by atoms with Crippen LogP contribution in [-0.4, -0.2) is 64.8 Å². The Bertz CT molecular complexity index is 1110. The van der Waals surface area contributed by atoms with Crippen LogP contribution in [0.25, 0.3) is 6.08 Å². The molecule has 3 heterocycles. The van der Waals surface area contributed by atoms with Gasteiger partial charge in [0.05, 0.1) is 41.8 Å². The summed E-state index contributed by atoms with van der Waals surface area (Å²) in [6.07, 6.45) is 1.63. The van der Waals surface area contributed by atoms with Crippen molar-refractivity contribution < 1.29 is 87.3 Å². The molecule has 41 heavy (non-hydrogen) atoms. The number of rotatable bonds is 7. The van der Waals surface area contributed by atoms with E-state index in [1.165, 1.54) is 11.3 Å². The van der Waals surface area contributed by atoms with Crippen LogP contribution >= 0.6 is 11.3 Å². The molecule has 0 aliphatic carbocycles. The Hall–Kier alpha value is -1.19. The first-order chi connectivity index (χ1) is 18.9. The predicted molar refractivity (Wildman–Crippen MR) is 147 cm³/mol. The second kappa shape index (κ2) is 15.5. The van der Waals surface area contributed by atoms with Gasteiger partial charge in [-0.3, -0.25) is 19.2 Å². The summed E-state index contributed by atoms with van der Waals surface area (Å²) in [5, 5.41) is 11.8. The summed E-state index contributed by atoms with van der Waals surface area (Å²) in [6, 6.07) is 0. The summed E-state index contributed by atoms with van der Waals surface area (Å²) in [5.41, 5.74) is -0.250. The van der Waals surface area contributed by atoms with Crippen LogP contribution in [0.5, 0.6) is 0 Å². The van der Waals surface area contributed by atoms with Gasteiger partial charge in [0, 0.05) is 55.9 Å². The molecule has 7 atom stereocenters. The van der Waals surface area contributed by atoms with Crippen molar-refractivity contribution in [3.8, 4) is 0 Å². The molecule has 1 aromatic heterocycles. The van der Waals surface area contributed by atoms with Crippen LogP contribution in [0.2, 0.25) is 0 Å². The third-order valence-corrected chi connectivity index (χ3v) is 9.20. The molecule has 0 aromatic carbocycles. The molecule has 0 amide bonds. The monoisotopic (exact) mass is 806 g/mol. The van der Waals surface area contributed by atoms with E-state index in [1.807, 2.05) is 32.2 Å². The fraction of sp³-hybridized carbons (Fsp3) is 0.690. The van der Waals surface area contributed by atoms with E-state index in [9.17, 15) is 24.3 Å². The number of hydrogen-bond donors (Lipinski definition) is 1. The van der Waals surface area contributed by atoms with Crippen LogP contribution in [-0.2, 0) is 44.7 Å². The van der Waals surface area contributed by atoms with Crippen LogP contribution in [0, 0.1) is 61.3 Å². The van der Waals surface area contributed by atoms with Gasteiger partial charge in [0.15, 0.2) is 0 Å². The Balaban J connectivity index is 0.00000588. The Morgan fingerprint density at radius 3 is 2.49 bits per heavy atom. The number of fused-ring (bicyclic) bond motifs is 1. The van der Waals surface area contributed by atoms with Gasteiger partial charge in [-0.2, -0.15) is 0 Å². The van der Waals surface area contributed by atoms with Crippen LogP contribution in [0.4, 0.5) is 0 Å². The normalized spacial score (nSPS) is 33.0. The van der Waals surface area contributed by atoms with Crippen molar-refractivity contribution in [2.45, 2.75) is 110 Å². The van der Waals surface area contributed by atoms with Crippen molar-refractivity contribution in [3.05, 3.63) is 21.7 Å². The van der Waals surface area contributed by atoms with Gasteiger partial charge in [-0.25, -0.2) is 4.98 Å². The number of ketones is 1. The molecule has 0 spiro atoms. The SMILES string of the molecule is C/C(=C\c1csc(CO)n1)[C@@H]1CC2O[C@]2(C)CCC[C@H](C)[C@H](OC=O)[C@@H](C)C(=O)C(C)(C)[C@@H](OC=O)CC(=O)O1.[Ac]. The first-order valence-electron chi connectivity index (χ1n) is 13.7. The summed E-state index contributed by atoms with van der Waals surface area (Å²) in [4.78, 5) is 54.1. The van der Waals surface area contributed by atoms with Crippen molar-refractivity contribution in [2.24, 2.45) is 17.3 Å². The molecule has 3 rings (SSSR count). The molecule has 2 aliphatic rings. The third kappa shape index (κ3) is 9.15. The minimum Gasteiger partial charge on any atom is -0.464 e. The number of nitrogens with zero attached hydrogens (tertiary/aromatic N) is 1. The summed E-state index contributed by atoms with van der Waals surface area (Å²) in [6.45, 7) is 11.2. The van der Waals surface area contributed by atoms with E-state index in [4.69, 9.17) is 18.9 Å². The Labute approximate surface area is 281 Å². The molecule has 1 unspecified atom stereocenters. The number of aliphatic hydroxyl groups excluding tert-OH is 1. The summed E-state index contributed by atoms with van der Waals surface area (Å²) in [7, 11) is 0. The van der Waals surface area contributed by atoms with Gasteiger partial charge in [-0.05, 0) is 58.1 Å². The molecular formula is C29H41AcNO9S. The minimum absolute atomic E-state index is 0. The maximum atomic E-state index is 13.7. The van der Waals surface area contributed by atoms with E-state index >= 15 is 0 Å². The second-order valence-electron chi connectivity index (χ2n) is 11.7. The van der Waals surface area contributed by atoms with Gasteiger partial charge >= 0.3 is 5.97 Å². The third-order valence-electron chi connectivity index (χ3n) is 8.35. The largest absolute Gasteiger partial charge is 0.464 e.